The minimum absolute atomic E-state index is 0.406. The molecular weight excluding hydrogens is 208 g/mol. The van der Waals surface area contributed by atoms with Gasteiger partial charge in [-0.15, -0.1) is 0 Å². The van der Waals surface area contributed by atoms with Crippen LogP contribution in [0.3, 0.4) is 0 Å². The van der Waals surface area contributed by atoms with Crippen LogP contribution >= 0.6 is 11.8 Å². The molecule has 0 atom stereocenters. The molecule has 0 spiro atoms. The highest BCUT2D eigenvalue weighted by Crippen LogP contribution is 2.22. The van der Waals surface area contributed by atoms with E-state index in [4.69, 9.17) is 5.26 Å². The van der Waals surface area contributed by atoms with E-state index in [9.17, 15) is 0 Å². The Morgan fingerprint density at radius 1 is 1.20 bits per heavy atom. The van der Waals surface area contributed by atoms with E-state index in [-0.39, 0.29) is 0 Å². The van der Waals surface area contributed by atoms with E-state index >= 15 is 0 Å². The van der Waals surface area contributed by atoms with Gasteiger partial charge in [0.25, 0.3) is 0 Å². The summed E-state index contributed by atoms with van der Waals surface area (Å²) in [5.74, 6) is 0. The van der Waals surface area contributed by atoms with Crippen molar-refractivity contribution in [1.82, 2.24) is 15.0 Å². The van der Waals surface area contributed by atoms with Gasteiger partial charge in [-0.1, -0.05) is 6.07 Å². The zero-order chi connectivity index (χ0) is 10.5. The second-order valence-corrected chi connectivity index (χ2v) is 3.66. The van der Waals surface area contributed by atoms with Crippen LogP contribution in [-0.4, -0.2) is 15.0 Å². The van der Waals surface area contributed by atoms with Crippen LogP contribution in [0.4, 0.5) is 0 Å². The Bertz CT molecular complexity index is 492. The lowest BCUT2D eigenvalue weighted by atomic mass is 10.4. The van der Waals surface area contributed by atoms with Gasteiger partial charge in [-0.3, -0.25) is 4.98 Å². The van der Waals surface area contributed by atoms with Crippen LogP contribution in [0.25, 0.3) is 0 Å². The molecule has 0 aromatic carbocycles. The Morgan fingerprint density at radius 2 is 2.13 bits per heavy atom. The Hall–Kier alpha value is -1.93. The molecule has 2 aromatic rings. The molecule has 0 amide bonds. The van der Waals surface area contributed by atoms with E-state index < -0.39 is 0 Å². The van der Waals surface area contributed by atoms with Crippen molar-refractivity contribution in [3.63, 3.8) is 0 Å². The number of rotatable bonds is 2. The van der Waals surface area contributed by atoms with Crippen molar-refractivity contribution in [3.05, 3.63) is 42.5 Å². The zero-order valence-corrected chi connectivity index (χ0v) is 8.48. The maximum Gasteiger partial charge on any atom is 0.141 e. The summed E-state index contributed by atoms with van der Waals surface area (Å²) in [4.78, 5) is 12.2. The van der Waals surface area contributed by atoms with Gasteiger partial charge in [-0.25, -0.2) is 9.97 Å². The monoisotopic (exact) mass is 214 g/mol. The molecule has 4 nitrogen and oxygen atoms in total. The number of aromatic nitrogens is 3. The molecule has 0 saturated heterocycles. The molecule has 2 aromatic heterocycles. The number of pyridine rings is 1. The highest BCUT2D eigenvalue weighted by atomic mass is 32.2. The van der Waals surface area contributed by atoms with Gasteiger partial charge in [0, 0.05) is 12.4 Å². The molecular formula is C10H6N4S. The first-order valence-corrected chi connectivity index (χ1v) is 5.01. The Morgan fingerprint density at radius 3 is 2.87 bits per heavy atom. The lowest BCUT2D eigenvalue weighted by Gasteiger charge is -1.98. The summed E-state index contributed by atoms with van der Waals surface area (Å²) >= 11 is 1.38. The minimum atomic E-state index is 0.406. The second kappa shape index (κ2) is 4.53. The normalized spacial score (nSPS) is 9.53. The third-order valence-electron chi connectivity index (χ3n) is 1.59. The van der Waals surface area contributed by atoms with Gasteiger partial charge in [0.05, 0.1) is 6.20 Å². The summed E-state index contributed by atoms with van der Waals surface area (Å²) < 4.78 is 0. The quantitative estimate of drug-likeness (QED) is 0.764. The van der Waals surface area contributed by atoms with Crippen molar-refractivity contribution in [3.8, 4) is 6.07 Å². The second-order valence-electron chi connectivity index (χ2n) is 2.62. The maximum atomic E-state index is 8.68. The van der Waals surface area contributed by atoms with Crippen LogP contribution in [0.1, 0.15) is 5.69 Å². The van der Waals surface area contributed by atoms with Crippen LogP contribution in [-0.2, 0) is 0 Å². The van der Waals surface area contributed by atoms with Gasteiger partial charge in [-0.05, 0) is 23.9 Å². The third-order valence-corrected chi connectivity index (χ3v) is 2.44. The van der Waals surface area contributed by atoms with E-state index in [0.29, 0.717) is 5.69 Å². The molecule has 72 valence electrons. The molecule has 0 aliphatic carbocycles. The van der Waals surface area contributed by atoms with E-state index in [1.54, 1.807) is 30.7 Å². The molecule has 0 saturated carbocycles. The minimum Gasteiger partial charge on any atom is -0.260 e. The summed E-state index contributed by atoms with van der Waals surface area (Å²) in [6.45, 7) is 0. The van der Waals surface area contributed by atoms with Crippen molar-refractivity contribution in [2.45, 2.75) is 10.1 Å². The number of hydrogen-bond donors (Lipinski definition) is 0. The topological polar surface area (TPSA) is 62.5 Å². The fourth-order valence-corrected chi connectivity index (χ4v) is 1.71. The SMILES string of the molecule is N#Cc1cccc(Sc2cnccn2)n1. The molecule has 0 bridgehead atoms. The highest BCUT2D eigenvalue weighted by molar-refractivity contribution is 7.99. The van der Waals surface area contributed by atoms with E-state index in [1.807, 2.05) is 12.1 Å². The van der Waals surface area contributed by atoms with E-state index in [1.165, 1.54) is 11.8 Å². The molecule has 0 aliphatic heterocycles. The highest BCUT2D eigenvalue weighted by Gasteiger charge is 2.00. The van der Waals surface area contributed by atoms with Crippen molar-refractivity contribution in [1.29, 1.82) is 5.26 Å². The smallest absolute Gasteiger partial charge is 0.141 e. The molecule has 5 heteroatoms. The molecule has 0 fully saturated rings. The maximum absolute atomic E-state index is 8.68. The van der Waals surface area contributed by atoms with Gasteiger partial charge < -0.3 is 0 Å². The van der Waals surface area contributed by atoms with Gasteiger partial charge >= 0.3 is 0 Å². The summed E-state index contributed by atoms with van der Waals surface area (Å²) in [6.07, 6.45) is 4.89. The molecule has 15 heavy (non-hydrogen) atoms. The van der Waals surface area contributed by atoms with Crippen molar-refractivity contribution >= 4 is 11.8 Å². The first-order valence-electron chi connectivity index (χ1n) is 4.19. The van der Waals surface area contributed by atoms with E-state index in [2.05, 4.69) is 15.0 Å². The average Bonchev–Trinajstić information content (AvgIpc) is 2.31. The Kier molecular flexibility index (Phi) is 2.90. The fraction of sp³-hybridized carbons (Fsp3) is 0. The van der Waals surface area contributed by atoms with Crippen LogP contribution in [0.15, 0.2) is 46.8 Å². The largest absolute Gasteiger partial charge is 0.260 e. The number of nitriles is 1. The van der Waals surface area contributed by atoms with Crippen LogP contribution in [0.2, 0.25) is 0 Å². The molecule has 2 rings (SSSR count). The van der Waals surface area contributed by atoms with Gasteiger partial charge in [0.2, 0.25) is 0 Å². The molecule has 0 N–H and O–H groups in total. The number of hydrogen-bond acceptors (Lipinski definition) is 5. The molecule has 0 unspecified atom stereocenters. The predicted molar refractivity (Wildman–Crippen MR) is 55.1 cm³/mol. The van der Waals surface area contributed by atoms with Crippen molar-refractivity contribution in [2.75, 3.05) is 0 Å². The fourth-order valence-electron chi connectivity index (χ4n) is 0.979. The van der Waals surface area contributed by atoms with Crippen LogP contribution in [0.5, 0.6) is 0 Å². The average molecular weight is 214 g/mol. The molecule has 2 heterocycles. The van der Waals surface area contributed by atoms with Crippen LogP contribution < -0.4 is 0 Å². The number of nitrogens with zero attached hydrogens (tertiary/aromatic N) is 4. The summed E-state index contributed by atoms with van der Waals surface area (Å²) in [6, 6.07) is 7.29. The Labute approximate surface area is 91.0 Å². The first kappa shape index (κ1) is 9.62. The van der Waals surface area contributed by atoms with Crippen molar-refractivity contribution < 1.29 is 0 Å². The van der Waals surface area contributed by atoms with Crippen LogP contribution in [0, 0.1) is 11.3 Å². The van der Waals surface area contributed by atoms with Gasteiger partial charge in [-0.2, -0.15) is 5.26 Å². The lowest BCUT2D eigenvalue weighted by molar-refractivity contribution is 1.04. The molecule has 0 radical (unpaired) electrons. The third kappa shape index (κ3) is 2.51. The van der Waals surface area contributed by atoms with Crippen molar-refractivity contribution in [2.24, 2.45) is 0 Å². The first-order chi connectivity index (χ1) is 7.38. The summed E-state index contributed by atoms with van der Waals surface area (Å²) in [5, 5.41) is 10.2. The Balaban J connectivity index is 2.22. The predicted octanol–water partition coefficient (Wildman–Crippen LogP) is 1.89. The summed E-state index contributed by atoms with van der Waals surface area (Å²) in [5.41, 5.74) is 0.406. The zero-order valence-electron chi connectivity index (χ0n) is 7.66. The van der Waals surface area contributed by atoms with Gasteiger partial charge in [0.1, 0.15) is 21.8 Å². The van der Waals surface area contributed by atoms with E-state index in [0.717, 1.165) is 10.1 Å². The van der Waals surface area contributed by atoms with Gasteiger partial charge in [0.15, 0.2) is 0 Å². The summed E-state index contributed by atoms with van der Waals surface area (Å²) in [7, 11) is 0. The molecule has 0 aliphatic rings. The standard InChI is InChI=1S/C10H6N4S/c11-6-8-2-1-3-9(14-8)15-10-7-12-4-5-13-10/h1-5,7H. The lowest BCUT2D eigenvalue weighted by Crippen LogP contribution is -1.86.